The lowest BCUT2D eigenvalue weighted by molar-refractivity contribution is -0.122. The highest BCUT2D eigenvalue weighted by Gasteiger charge is 2.28. The molecule has 2 atom stereocenters. The smallest absolute Gasteiger partial charge is 0.338 e. The van der Waals surface area contributed by atoms with Gasteiger partial charge >= 0.3 is 5.97 Å². The molecule has 1 aliphatic rings. The molecule has 0 aliphatic carbocycles. The molecule has 31 heavy (non-hydrogen) atoms. The second-order valence-electron chi connectivity index (χ2n) is 7.81. The topological polar surface area (TPSA) is 92.8 Å². The molecule has 3 rings (SSSR count). The van der Waals surface area contributed by atoms with Crippen molar-refractivity contribution in [2.75, 3.05) is 11.5 Å². The monoisotopic (exact) mass is 444 g/mol. The number of para-hydroxylation sites is 1. The summed E-state index contributed by atoms with van der Waals surface area (Å²) in [6, 6.07) is 13.0. The summed E-state index contributed by atoms with van der Waals surface area (Å²) in [5.74, 6) is -0.963. The Labute approximate surface area is 183 Å². The summed E-state index contributed by atoms with van der Waals surface area (Å²) in [5, 5.41) is 0. The summed E-state index contributed by atoms with van der Waals surface area (Å²) in [6.45, 7) is 5.26. The van der Waals surface area contributed by atoms with Gasteiger partial charge in [-0.15, -0.1) is 0 Å². The van der Waals surface area contributed by atoms with E-state index >= 15 is 0 Å². The SMILES string of the molecule is CCC(C)NS(=O)(=O)c1ccc(C(=O)OCC(=O)N2c3ccccc3CCC2C)cc1. The number of rotatable bonds is 7. The number of nitrogens with zero attached hydrogens (tertiary/aromatic N) is 1. The lowest BCUT2D eigenvalue weighted by atomic mass is 9.96. The van der Waals surface area contributed by atoms with Crippen molar-refractivity contribution in [3.8, 4) is 0 Å². The van der Waals surface area contributed by atoms with Crippen LogP contribution in [0.2, 0.25) is 0 Å². The molecule has 1 amide bonds. The minimum Gasteiger partial charge on any atom is -0.452 e. The first kappa shape index (κ1) is 23.0. The first-order chi connectivity index (χ1) is 14.7. The van der Waals surface area contributed by atoms with Gasteiger partial charge in [0.15, 0.2) is 6.61 Å². The van der Waals surface area contributed by atoms with Gasteiger partial charge in [0.05, 0.1) is 10.5 Å². The molecule has 0 fully saturated rings. The Hall–Kier alpha value is -2.71. The maximum atomic E-state index is 12.8. The van der Waals surface area contributed by atoms with Crippen LogP contribution in [0.1, 0.15) is 49.5 Å². The van der Waals surface area contributed by atoms with E-state index in [4.69, 9.17) is 4.74 Å². The molecule has 1 heterocycles. The first-order valence-electron chi connectivity index (χ1n) is 10.4. The Morgan fingerprint density at radius 2 is 1.84 bits per heavy atom. The minimum absolute atomic E-state index is 0.0172. The fourth-order valence-electron chi connectivity index (χ4n) is 3.53. The van der Waals surface area contributed by atoms with Crippen LogP contribution in [-0.4, -0.2) is 39.0 Å². The largest absolute Gasteiger partial charge is 0.452 e. The normalized spacial score (nSPS) is 17.0. The van der Waals surface area contributed by atoms with E-state index in [0.29, 0.717) is 6.42 Å². The van der Waals surface area contributed by atoms with Gasteiger partial charge in [-0.25, -0.2) is 17.9 Å². The third kappa shape index (κ3) is 5.32. The number of esters is 1. The fraction of sp³-hybridized carbons (Fsp3) is 0.391. The van der Waals surface area contributed by atoms with Crippen LogP contribution in [0.5, 0.6) is 0 Å². The average Bonchev–Trinajstić information content (AvgIpc) is 2.76. The number of benzene rings is 2. The molecule has 1 aliphatic heterocycles. The highest BCUT2D eigenvalue weighted by molar-refractivity contribution is 7.89. The van der Waals surface area contributed by atoms with Crippen molar-refractivity contribution in [3.05, 3.63) is 59.7 Å². The maximum Gasteiger partial charge on any atom is 0.338 e. The molecule has 0 radical (unpaired) electrons. The van der Waals surface area contributed by atoms with Gasteiger partial charge in [-0.2, -0.15) is 0 Å². The number of amides is 1. The Kier molecular flexibility index (Phi) is 7.12. The number of hydrogen-bond donors (Lipinski definition) is 1. The number of fused-ring (bicyclic) bond motifs is 1. The molecule has 0 spiro atoms. The third-order valence-corrected chi connectivity index (χ3v) is 7.09. The predicted octanol–water partition coefficient (Wildman–Crippen LogP) is 3.29. The highest BCUT2D eigenvalue weighted by Crippen LogP contribution is 2.30. The summed E-state index contributed by atoms with van der Waals surface area (Å²) in [5.41, 5.74) is 2.14. The zero-order chi connectivity index (χ0) is 22.6. The first-order valence-corrected chi connectivity index (χ1v) is 11.9. The average molecular weight is 445 g/mol. The van der Waals surface area contributed by atoms with E-state index < -0.39 is 16.0 Å². The molecule has 0 saturated carbocycles. The van der Waals surface area contributed by atoms with Crippen LogP contribution < -0.4 is 9.62 Å². The lowest BCUT2D eigenvalue weighted by Crippen LogP contribution is -2.44. The van der Waals surface area contributed by atoms with Crippen LogP contribution in [-0.2, 0) is 26.0 Å². The van der Waals surface area contributed by atoms with Crippen LogP contribution in [0.3, 0.4) is 0 Å². The molecule has 0 bridgehead atoms. The van der Waals surface area contributed by atoms with Gasteiger partial charge in [0.1, 0.15) is 0 Å². The number of sulfonamides is 1. The van der Waals surface area contributed by atoms with Gasteiger partial charge in [-0.1, -0.05) is 25.1 Å². The number of nitrogens with one attached hydrogen (secondary N) is 1. The van der Waals surface area contributed by atoms with Gasteiger partial charge in [-0.05, 0) is 69.0 Å². The molecule has 2 aromatic carbocycles. The number of ether oxygens (including phenoxy) is 1. The maximum absolute atomic E-state index is 12.8. The number of hydrogen-bond acceptors (Lipinski definition) is 5. The summed E-state index contributed by atoms with van der Waals surface area (Å²) in [4.78, 5) is 26.9. The Balaban J connectivity index is 1.64. The van der Waals surface area contributed by atoms with Crippen molar-refractivity contribution >= 4 is 27.6 Å². The van der Waals surface area contributed by atoms with Gasteiger partial charge in [0, 0.05) is 17.8 Å². The van der Waals surface area contributed by atoms with Crippen LogP contribution in [0.25, 0.3) is 0 Å². The predicted molar refractivity (Wildman–Crippen MR) is 119 cm³/mol. The third-order valence-electron chi connectivity index (χ3n) is 5.49. The van der Waals surface area contributed by atoms with Gasteiger partial charge in [0.2, 0.25) is 10.0 Å². The summed E-state index contributed by atoms with van der Waals surface area (Å²) >= 11 is 0. The van der Waals surface area contributed by atoms with E-state index in [1.165, 1.54) is 24.3 Å². The zero-order valence-corrected chi connectivity index (χ0v) is 18.8. The molecule has 1 N–H and O–H groups in total. The molecule has 0 saturated heterocycles. The molecular formula is C23H28N2O5S. The van der Waals surface area contributed by atoms with E-state index in [-0.39, 0.29) is 35.1 Å². The molecule has 2 unspecified atom stereocenters. The Morgan fingerprint density at radius 3 is 2.52 bits per heavy atom. The summed E-state index contributed by atoms with van der Waals surface area (Å²) < 4.78 is 32.4. The van der Waals surface area contributed by atoms with E-state index in [9.17, 15) is 18.0 Å². The molecule has 0 aromatic heterocycles. The second kappa shape index (κ2) is 9.62. The molecule has 2 aromatic rings. The second-order valence-corrected chi connectivity index (χ2v) is 9.53. The van der Waals surface area contributed by atoms with Crippen molar-refractivity contribution < 1.29 is 22.7 Å². The van der Waals surface area contributed by atoms with Crippen LogP contribution in [0, 0.1) is 0 Å². The van der Waals surface area contributed by atoms with Crippen molar-refractivity contribution in [1.82, 2.24) is 4.72 Å². The summed E-state index contributed by atoms with van der Waals surface area (Å²) in [6.07, 6.45) is 2.41. The fourth-order valence-corrected chi connectivity index (χ4v) is 4.86. The van der Waals surface area contributed by atoms with E-state index in [0.717, 1.165) is 24.1 Å². The Morgan fingerprint density at radius 1 is 1.16 bits per heavy atom. The van der Waals surface area contributed by atoms with Crippen LogP contribution in [0.4, 0.5) is 5.69 Å². The number of carbonyl (C=O) groups is 2. The molecular weight excluding hydrogens is 416 g/mol. The van der Waals surface area contributed by atoms with Gasteiger partial charge < -0.3 is 9.64 Å². The van der Waals surface area contributed by atoms with Crippen LogP contribution in [0.15, 0.2) is 53.4 Å². The lowest BCUT2D eigenvalue weighted by Gasteiger charge is -2.35. The zero-order valence-electron chi connectivity index (χ0n) is 18.0. The van der Waals surface area contributed by atoms with E-state index in [2.05, 4.69) is 4.72 Å². The summed E-state index contributed by atoms with van der Waals surface area (Å²) in [7, 11) is -3.65. The van der Waals surface area contributed by atoms with Crippen molar-refractivity contribution in [2.45, 2.75) is 57.0 Å². The molecule has 166 valence electrons. The molecule has 8 heteroatoms. The van der Waals surface area contributed by atoms with Gasteiger partial charge in [-0.3, -0.25) is 4.79 Å². The van der Waals surface area contributed by atoms with E-state index in [1.54, 1.807) is 11.8 Å². The van der Waals surface area contributed by atoms with E-state index in [1.807, 2.05) is 38.1 Å². The number of carbonyl (C=O) groups excluding carboxylic acids is 2. The standard InChI is InChI=1S/C23H28N2O5S/c1-4-16(2)24-31(28,29)20-13-11-19(12-14-20)23(27)30-15-22(26)25-17(3)9-10-18-7-5-6-8-21(18)25/h5-8,11-14,16-17,24H,4,9-10,15H2,1-3H3. The number of anilines is 1. The minimum atomic E-state index is -3.65. The molecule has 7 nitrogen and oxygen atoms in total. The van der Waals surface area contributed by atoms with Crippen molar-refractivity contribution in [1.29, 1.82) is 0 Å². The van der Waals surface area contributed by atoms with Crippen molar-refractivity contribution in [3.63, 3.8) is 0 Å². The highest BCUT2D eigenvalue weighted by atomic mass is 32.2. The van der Waals surface area contributed by atoms with Gasteiger partial charge in [0.25, 0.3) is 5.91 Å². The van der Waals surface area contributed by atoms with Crippen LogP contribution >= 0.6 is 0 Å². The quantitative estimate of drug-likeness (QED) is 0.662. The number of aryl methyl sites for hydroxylation is 1. The van der Waals surface area contributed by atoms with Crippen molar-refractivity contribution in [2.24, 2.45) is 0 Å². The Bertz CT molecular complexity index is 1050.